The first-order valence-corrected chi connectivity index (χ1v) is 6.78. The zero-order chi connectivity index (χ0) is 13.8. The standard InChI is InChI=1S/C13H27N3O2/c1-5-11-10-16(9-8-15(11)4)7-6-13(2,14-3)12(17)18/h11,14H,5-10H2,1-4H3,(H,17,18). The molecule has 0 spiro atoms. The van der Waals surface area contributed by atoms with Crippen molar-refractivity contribution in [2.75, 3.05) is 40.3 Å². The third-order valence-corrected chi connectivity index (χ3v) is 4.28. The molecule has 2 atom stereocenters. The van der Waals surface area contributed by atoms with Crippen molar-refractivity contribution in [3.63, 3.8) is 0 Å². The van der Waals surface area contributed by atoms with Crippen LogP contribution in [0.1, 0.15) is 26.7 Å². The van der Waals surface area contributed by atoms with E-state index < -0.39 is 11.5 Å². The molecule has 1 aliphatic heterocycles. The van der Waals surface area contributed by atoms with Crippen LogP contribution >= 0.6 is 0 Å². The first-order chi connectivity index (χ1) is 8.42. The highest BCUT2D eigenvalue weighted by atomic mass is 16.4. The molecule has 2 unspecified atom stereocenters. The maximum Gasteiger partial charge on any atom is 0.323 e. The van der Waals surface area contributed by atoms with Crippen LogP contribution in [0.5, 0.6) is 0 Å². The second kappa shape index (κ2) is 6.50. The summed E-state index contributed by atoms with van der Waals surface area (Å²) >= 11 is 0. The molecule has 0 aromatic carbocycles. The number of piperazine rings is 1. The van der Waals surface area contributed by atoms with Crippen molar-refractivity contribution >= 4 is 5.97 Å². The van der Waals surface area contributed by atoms with Crippen LogP contribution in [0.15, 0.2) is 0 Å². The minimum Gasteiger partial charge on any atom is -0.480 e. The fourth-order valence-electron chi connectivity index (χ4n) is 2.37. The topological polar surface area (TPSA) is 55.8 Å². The summed E-state index contributed by atoms with van der Waals surface area (Å²) in [5.41, 5.74) is -0.814. The van der Waals surface area contributed by atoms with Crippen LogP contribution < -0.4 is 5.32 Å². The van der Waals surface area contributed by atoms with Crippen molar-refractivity contribution in [1.82, 2.24) is 15.1 Å². The lowest BCUT2D eigenvalue weighted by molar-refractivity contribution is -0.144. The van der Waals surface area contributed by atoms with E-state index in [1.165, 1.54) is 0 Å². The largest absolute Gasteiger partial charge is 0.480 e. The Balaban J connectivity index is 2.46. The SMILES string of the molecule is CCC1CN(CCC(C)(NC)C(=O)O)CCN1C. The average molecular weight is 257 g/mol. The molecule has 0 bridgehead atoms. The molecule has 5 heteroatoms. The number of rotatable bonds is 6. The minimum atomic E-state index is -0.814. The Morgan fingerprint density at radius 2 is 2.17 bits per heavy atom. The van der Waals surface area contributed by atoms with E-state index in [2.05, 4.69) is 29.1 Å². The fourth-order valence-corrected chi connectivity index (χ4v) is 2.37. The highest BCUT2D eigenvalue weighted by molar-refractivity contribution is 5.78. The first-order valence-electron chi connectivity index (χ1n) is 6.78. The highest BCUT2D eigenvalue weighted by Crippen LogP contribution is 2.15. The maximum absolute atomic E-state index is 11.2. The van der Waals surface area contributed by atoms with Gasteiger partial charge >= 0.3 is 5.97 Å². The normalized spacial score (nSPS) is 25.9. The van der Waals surface area contributed by atoms with Gasteiger partial charge in [-0.2, -0.15) is 0 Å². The van der Waals surface area contributed by atoms with Crippen LogP contribution in [-0.2, 0) is 4.79 Å². The summed E-state index contributed by atoms with van der Waals surface area (Å²) in [5, 5.41) is 12.1. The summed E-state index contributed by atoms with van der Waals surface area (Å²) in [6.07, 6.45) is 1.79. The molecular weight excluding hydrogens is 230 g/mol. The lowest BCUT2D eigenvalue weighted by Crippen LogP contribution is -2.54. The summed E-state index contributed by atoms with van der Waals surface area (Å²) in [6, 6.07) is 0.601. The van der Waals surface area contributed by atoms with Crippen LogP contribution in [-0.4, -0.2) is 72.7 Å². The van der Waals surface area contributed by atoms with Crippen molar-refractivity contribution < 1.29 is 9.90 Å². The molecule has 0 aromatic rings. The van der Waals surface area contributed by atoms with E-state index in [1.807, 2.05) is 0 Å². The van der Waals surface area contributed by atoms with E-state index in [1.54, 1.807) is 14.0 Å². The summed E-state index contributed by atoms with van der Waals surface area (Å²) in [4.78, 5) is 16.0. The lowest BCUT2D eigenvalue weighted by Gasteiger charge is -2.40. The molecule has 0 saturated carbocycles. The van der Waals surface area contributed by atoms with Gasteiger partial charge in [0.25, 0.3) is 0 Å². The van der Waals surface area contributed by atoms with Gasteiger partial charge in [0, 0.05) is 32.2 Å². The average Bonchev–Trinajstić information content (AvgIpc) is 2.37. The molecular formula is C13H27N3O2. The molecule has 0 amide bonds. The molecule has 5 nitrogen and oxygen atoms in total. The number of likely N-dealkylation sites (N-methyl/N-ethyl adjacent to an activating group) is 2. The van der Waals surface area contributed by atoms with Crippen molar-refractivity contribution in [2.45, 2.75) is 38.3 Å². The van der Waals surface area contributed by atoms with E-state index in [9.17, 15) is 9.90 Å². The van der Waals surface area contributed by atoms with Crippen LogP contribution in [0.4, 0.5) is 0 Å². The van der Waals surface area contributed by atoms with E-state index in [4.69, 9.17) is 0 Å². The lowest BCUT2D eigenvalue weighted by atomic mass is 9.97. The van der Waals surface area contributed by atoms with Gasteiger partial charge in [-0.25, -0.2) is 0 Å². The van der Waals surface area contributed by atoms with E-state index >= 15 is 0 Å². The predicted molar refractivity (Wildman–Crippen MR) is 72.9 cm³/mol. The number of nitrogens with one attached hydrogen (secondary N) is 1. The fraction of sp³-hybridized carbons (Fsp3) is 0.923. The number of aliphatic carboxylic acids is 1. The van der Waals surface area contributed by atoms with Gasteiger partial charge in [-0.05, 0) is 33.9 Å². The number of nitrogens with zero attached hydrogens (tertiary/aromatic N) is 2. The summed E-state index contributed by atoms with van der Waals surface area (Å²) in [6.45, 7) is 7.96. The molecule has 0 radical (unpaired) electrons. The number of hydrogen-bond acceptors (Lipinski definition) is 4. The molecule has 106 valence electrons. The first kappa shape index (κ1) is 15.4. The van der Waals surface area contributed by atoms with E-state index in [-0.39, 0.29) is 0 Å². The van der Waals surface area contributed by atoms with Crippen molar-refractivity contribution in [3.8, 4) is 0 Å². The Morgan fingerprint density at radius 3 is 2.67 bits per heavy atom. The Bertz CT molecular complexity index is 285. The minimum absolute atomic E-state index is 0.601. The Hall–Kier alpha value is -0.650. The number of carboxylic acid groups (broad SMARTS) is 1. The monoisotopic (exact) mass is 257 g/mol. The molecule has 1 aliphatic rings. The van der Waals surface area contributed by atoms with Gasteiger partial charge in [0.05, 0.1) is 0 Å². The zero-order valence-electron chi connectivity index (χ0n) is 12.1. The summed E-state index contributed by atoms with van der Waals surface area (Å²) < 4.78 is 0. The van der Waals surface area contributed by atoms with Gasteiger partial charge < -0.3 is 20.2 Å². The van der Waals surface area contributed by atoms with Crippen molar-refractivity contribution in [3.05, 3.63) is 0 Å². The molecule has 1 fully saturated rings. The smallest absolute Gasteiger partial charge is 0.323 e. The zero-order valence-corrected chi connectivity index (χ0v) is 12.1. The van der Waals surface area contributed by atoms with Crippen LogP contribution in [0.25, 0.3) is 0 Å². The predicted octanol–water partition coefficient (Wildman–Crippen LogP) is 0.465. The van der Waals surface area contributed by atoms with Gasteiger partial charge in [0.2, 0.25) is 0 Å². The third kappa shape index (κ3) is 3.67. The molecule has 0 aliphatic carbocycles. The molecule has 1 rings (SSSR count). The van der Waals surface area contributed by atoms with Crippen molar-refractivity contribution in [1.29, 1.82) is 0 Å². The third-order valence-electron chi connectivity index (χ3n) is 4.28. The quantitative estimate of drug-likeness (QED) is 0.724. The van der Waals surface area contributed by atoms with Gasteiger partial charge in [-0.1, -0.05) is 6.92 Å². The number of carboxylic acids is 1. The molecule has 1 heterocycles. The van der Waals surface area contributed by atoms with Crippen molar-refractivity contribution in [2.24, 2.45) is 0 Å². The van der Waals surface area contributed by atoms with Crippen LogP contribution in [0.3, 0.4) is 0 Å². The highest BCUT2D eigenvalue weighted by Gasteiger charge is 2.32. The molecule has 18 heavy (non-hydrogen) atoms. The van der Waals surface area contributed by atoms with E-state index in [0.717, 1.165) is 32.6 Å². The number of carbonyl (C=O) groups is 1. The van der Waals surface area contributed by atoms with Gasteiger partial charge in [0.1, 0.15) is 5.54 Å². The molecule has 1 saturated heterocycles. The second-order valence-electron chi connectivity index (χ2n) is 5.48. The van der Waals surface area contributed by atoms with Crippen LogP contribution in [0.2, 0.25) is 0 Å². The second-order valence-corrected chi connectivity index (χ2v) is 5.48. The van der Waals surface area contributed by atoms with Gasteiger partial charge in [-0.3, -0.25) is 4.79 Å². The number of hydrogen-bond donors (Lipinski definition) is 2. The van der Waals surface area contributed by atoms with Gasteiger partial charge in [0.15, 0.2) is 0 Å². The summed E-state index contributed by atoms with van der Waals surface area (Å²) in [5.74, 6) is -0.772. The Labute approximate surface area is 110 Å². The molecule has 0 aromatic heterocycles. The Morgan fingerprint density at radius 1 is 1.50 bits per heavy atom. The van der Waals surface area contributed by atoms with Gasteiger partial charge in [-0.15, -0.1) is 0 Å². The van der Waals surface area contributed by atoms with Crippen LogP contribution in [0, 0.1) is 0 Å². The summed E-state index contributed by atoms with van der Waals surface area (Å²) in [7, 11) is 3.88. The Kier molecular flexibility index (Phi) is 5.56. The van der Waals surface area contributed by atoms with E-state index in [0.29, 0.717) is 12.5 Å². The molecule has 2 N–H and O–H groups in total. The maximum atomic E-state index is 11.2.